The molecule has 88 valence electrons. The van der Waals surface area contributed by atoms with Crippen molar-refractivity contribution < 1.29 is 4.79 Å². The fourth-order valence-electron chi connectivity index (χ4n) is 2.34. The van der Waals surface area contributed by atoms with E-state index in [9.17, 15) is 4.79 Å². The van der Waals surface area contributed by atoms with E-state index in [-0.39, 0.29) is 11.3 Å². The third-order valence-corrected chi connectivity index (χ3v) is 3.44. The highest BCUT2D eigenvalue weighted by Crippen LogP contribution is 2.36. The molecule has 0 radical (unpaired) electrons. The molecule has 4 N–H and O–H groups in total. The topological polar surface area (TPSA) is 70.9 Å². The fourth-order valence-corrected chi connectivity index (χ4v) is 2.34. The van der Waals surface area contributed by atoms with Crippen molar-refractivity contribution in [1.29, 1.82) is 0 Å². The van der Waals surface area contributed by atoms with Gasteiger partial charge in [0.1, 0.15) is 5.69 Å². The molecule has 1 aromatic heterocycles. The van der Waals surface area contributed by atoms with E-state index in [4.69, 9.17) is 5.73 Å². The van der Waals surface area contributed by atoms with E-state index in [2.05, 4.69) is 17.2 Å². The van der Waals surface area contributed by atoms with Gasteiger partial charge in [0, 0.05) is 18.4 Å². The van der Waals surface area contributed by atoms with Crippen LogP contribution in [0.25, 0.3) is 0 Å². The van der Waals surface area contributed by atoms with Gasteiger partial charge in [-0.1, -0.05) is 19.8 Å². The molecular weight excluding hydrogens is 202 g/mol. The molecule has 1 amide bonds. The molecule has 16 heavy (non-hydrogen) atoms. The Bertz CT molecular complexity index is 377. The van der Waals surface area contributed by atoms with Crippen LogP contribution in [-0.4, -0.2) is 17.4 Å². The van der Waals surface area contributed by atoms with Crippen LogP contribution in [0.15, 0.2) is 12.3 Å². The second kappa shape index (κ2) is 4.20. The second-order valence-corrected chi connectivity index (χ2v) is 5.05. The standard InChI is InChI=1S/C12H19N3O/c1-12(4-2-3-5-12)8-15-11(16)10-6-9(13)7-14-10/h6-7,14H,2-5,8,13H2,1H3,(H,15,16). The molecular formula is C12H19N3O. The molecule has 0 unspecified atom stereocenters. The van der Waals surface area contributed by atoms with Gasteiger partial charge in [0.15, 0.2) is 0 Å². The van der Waals surface area contributed by atoms with Crippen LogP contribution in [-0.2, 0) is 0 Å². The minimum absolute atomic E-state index is 0.0650. The lowest BCUT2D eigenvalue weighted by Crippen LogP contribution is -2.34. The number of hydrogen-bond acceptors (Lipinski definition) is 2. The highest BCUT2D eigenvalue weighted by molar-refractivity contribution is 5.93. The maximum atomic E-state index is 11.8. The van der Waals surface area contributed by atoms with E-state index >= 15 is 0 Å². The molecule has 2 rings (SSSR count). The third-order valence-electron chi connectivity index (χ3n) is 3.44. The molecule has 1 aliphatic rings. The predicted octanol–water partition coefficient (Wildman–Crippen LogP) is 1.91. The number of hydrogen-bond donors (Lipinski definition) is 3. The number of aromatic amines is 1. The Balaban J connectivity index is 1.88. The molecule has 1 heterocycles. The summed E-state index contributed by atoms with van der Waals surface area (Å²) in [5.74, 6) is -0.0650. The Kier molecular flexibility index (Phi) is 2.90. The minimum atomic E-state index is -0.0650. The molecule has 0 spiro atoms. The Morgan fingerprint density at radius 2 is 2.25 bits per heavy atom. The fraction of sp³-hybridized carbons (Fsp3) is 0.583. The molecule has 1 aliphatic carbocycles. The number of carbonyl (C=O) groups excluding carboxylic acids is 1. The van der Waals surface area contributed by atoms with Crippen LogP contribution in [0.4, 0.5) is 5.69 Å². The van der Waals surface area contributed by atoms with Crippen molar-refractivity contribution >= 4 is 11.6 Å². The largest absolute Gasteiger partial charge is 0.397 e. The Hall–Kier alpha value is -1.45. The first kappa shape index (κ1) is 11.0. The molecule has 0 bridgehead atoms. The van der Waals surface area contributed by atoms with E-state index in [1.54, 1.807) is 12.3 Å². The Labute approximate surface area is 95.6 Å². The number of H-pyrrole nitrogens is 1. The number of nitrogen functional groups attached to an aromatic ring is 1. The molecule has 0 saturated heterocycles. The number of nitrogens with one attached hydrogen (secondary N) is 2. The van der Waals surface area contributed by atoms with Crippen LogP contribution >= 0.6 is 0 Å². The summed E-state index contributed by atoms with van der Waals surface area (Å²) >= 11 is 0. The zero-order valence-electron chi connectivity index (χ0n) is 9.68. The first-order valence-corrected chi connectivity index (χ1v) is 5.81. The highest BCUT2D eigenvalue weighted by Gasteiger charge is 2.29. The van der Waals surface area contributed by atoms with Gasteiger partial charge in [0.05, 0.1) is 0 Å². The zero-order valence-corrected chi connectivity index (χ0v) is 9.68. The van der Waals surface area contributed by atoms with Gasteiger partial charge in [-0.2, -0.15) is 0 Å². The van der Waals surface area contributed by atoms with Gasteiger partial charge < -0.3 is 16.0 Å². The van der Waals surface area contributed by atoms with Gasteiger partial charge in [-0.05, 0) is 24.3 Å². The van der Waals surface area contributed by atoms with Crippen LogP contribution in [0.2, 0.25) is 0 Å². The van der Waals surface area contributed by atoms with Crippen molar-refractivity contribution in [3.05, 3.63) is 18.0 Å². The molecule has 1 aromatic rings. The monoisotopic (exact) mass is 221 g/mol. The van der Waals surface area contributed by atoms with Crippen LogP contribution in [0.1, 0.15) is 43.1 Å². The maximum Gasteiger partial charge on any atom is 0.267 e. The number of nitrogens with two attached hydrogens (primary N) is 1. The van der Waals surface area contributed by atoms with E-state index in [0.717, 1.165) is 6.54 Å². The predicted molar refractivity (Wildman–Crippen MR) is 64.1 cm³/mol. The average molecular weight is 221 g/mol. The van der Waals surface area contributed by atoms with Gasteiger partial charge in [-0.15, -0.1) is 0 Å². The molecule has 1 saturated carbocycles. The maximum absolute atomic E-state index is 11.8. The van der Waals surface area contributed by atoms with Crippen LogP contribution in [0, 0.1) is 5.41 Å². The van der Waals surface area contributed by atoms with Crippen molar-refractivity contribution in [2.45, 2.75) is 32.6 Å². The van der Waals surface area contributed by atoms with E-state index in [1.807, 2.05) is 0 Å². The molecule has 4 heteroatoms. The van der Waals surface area contributed by atoms with Crippen molar-refractivity contribution in [2.24, 2.45) is 5.41 Å². The lowest BCUT2D eigenvalue weighted by molar-refractivity contribution is 0.0930. The minimum Gasteiger partial charge on any atom is -0.397 e. The van der Waals surface area contributed by atoms with Gasteiger partial charge in [-0.3, -0.25) is 4.79 Å². The summed E-state index contributed by atoms with van der Waals surface area (Å²) in [4.78, 5) is 14.6. The van der Waals surface area contributed by atoms with E-state index in [1.165, 1.54) is 25.7 Å². The van der Waals surface area contributed by atoms with E-state index < -0.39 is 0 Å². The molecule has 0 aliphatic heterocycles. The first-order chi connectivity index (χ1) is 7.59. The SMILES string of the molecule is CC1(CNC(=O)c2cc(N)c[nH]2)CCCC1. The van der Waals surface area contributed by atoms with Crippen molar-refractivity contribution in [3.63, 3.8) is 0 Å². The normalized spacial score (nSPS) is 18.6. The number of aromatic nitrogens is 1. The summed E-state index contributed by atoms with van der Waals surface area (Å²) in [5, 5.41) is 2.97. The lowest BCUT2D eigenvalue weighted by Gasteiger charge is -2.23. The van der Waals surface area contributed by atoms with Gasteiger partial charge in [0.25, 0.3) is 5.91 Å². The van der Waals surface area contributed by atoms with Crippen LogP contribution in [0.3, 0.4) is 0 Å². The average Bonchev–Trinajstić information content (AvgIpc) is 2.85. The first-order valence-electron chi connectivity index (χ1n) is 5.81. The zero-order chi connectivity index (χ0) is 11.6. The molecule has 0 aromatic carbocycles. The Morgan fingerprint density at radius 1 is 1.56 bits per heavy atom. The number of anilines is 1. The number of carbonyl (C=O) groups is 1. The van der Waals surface area contributed by atoms with Crippen LogP contribution in [0.5, 0.6) is 0 Å². The summed E-state index contributed by atoms with van der Waals surface area (Å²) in [6, 6.07) is 1.66. The van der Waals surface area contributed by atoms with Gasteiger partial charge in [-0.25, -0.2) is 0 Å². The highest BCUT2D eigenvalue weighted by atomic mass is 16.1. The second-order valence-electron chi connectivity index (χ2n) is 5.05. The summed E-state index contributed by atoms with van der Waals surface area (Å²) in [6.07, 6.45) is 6.61. The summed E-state index contributed by atoms with van der Waals surface area (Å²) in [5.41, 5.74) is 6.97. The van der Waals surface area contributed by atoms with Crippen LogP contribution < -0.4 is 11.1 Å². The summed E-state index contributed by atoms with van der Waals surface area (Å²) in [7, 11) is 0. The number of rotatable bonds is 3. The third kappa shape index (κ3) is 2.38. The summed E-state index contributed by atoms with van der Waals surface area (Å²) in [6.45, 7) is 2.99. The molecule has 0 atom stereocenters. The van der Waals surface area contributed by atoms with Crippen molar-refractivity contribution in [3.8, 4) is 0 Å². The number of amides is 1. The summed E-state index contributed by atoms with van der Waals surface area (Å²) < 4.78 is 0. The van der Waals surface area contributed by atoms with E-state index in [0.29, 0.717) is 11.4 Å². The van der Waals surface area contributed by atoms with Gasteiger partial charge >= 0.3 is 0 Å². The van der Waals surface area contributed by atoms with Crippen molar-refractivity contribution in [1.82, 2.24) is 10.3 Å². The molecule has 1 fully saturated rings. The quantitative estimate of drug-likeness (QED) is 0.729. The Morgan fingerprint density at radius 3 is 2.81 bits per heavy atom. The van der Waals surface area contributed by atoms with Crippen molar-refractivity contribution in [2.75, 3.05) is 12.3 Å². The molecule has 4 nitrogen and oxygen atoms in total. The smallest absolute Gasteiger partial charge is 0.267 e. The lowest BCUT2D eigenvalue weighted by atomic mass is 9.89. The van der Waals surface area contributed by atoms with Gasteiger partial charge in [0.2, 0.25) is 0 Å².